The van der Waals surface area contributed by atoms with Gasteiger partial charge in [0.1, 0.15) is 0 Å². The third-order valence-electron chi connectivity index (χ3n) is 5.52. The third-order valence-corrected chi connectivity index (χ3v) is 5.52. The molecule has 7 heteroatoms. The largest absolute Gasteiger partial charge is 0.349 e. The Bertz CT molecular complexity index is 913. The molecule has 3 amide bonds. The topological polar surface area (TPSA) is 90.5 Å². The van der Waals surface area contributed by atoms with Crippen LogP contribution in [0.2, 0.25) is 0 Å². The van der Waals surface area contributed by atoms with Crippen molar-refractivity contribution in [1.82, 2.24) is 16.0 Å². The maximum atomic E-state index is 13.0. The molecular formula is C24H30N4O3. The lowest BCUT2D eigenvalue weighted by Gasteiger charge is -2.24. The summed E-state index contributed by atoms with van der Waals surface area (Å²) in [6, 6.07) is 7.08. The zero-order valence-corrected chi connectivity index (χ0v) is 17.9. The van der Waals surface area contributed by atoms with Crippen molar-refractivity contribution < 1.29 is 14.4 Å². The lowest BCUT2D eigenvalue weighted by molar-refractivity contribution is -0.118. The van der Waals surface area contributed by atoms with Gasteiger partial charge in [-0.2, -0.15) is 0 Å². The van der Waals surface area contributed by atoms with Crippen LogP contribution in [0.15, 0.2) is 60.3 Å². The summed E-state index contributed by atoms with van der Waals surface area (Å²) in [4.78, 5) is 39.6. The van der Waals surface area contributed by atoms with E-state index in [9.17, 15) is 14.4 Å². The van der Waals surface area contributed by atoms with Gasteiger partial charge in [-0.25, -0.2) is 0 Å². The zero-order valence-electron chi connectivity index (χ0n) is 17.9. The average Bonchev–Trinajstić information content (AvgIpc) is 3.21. The summed E-state index contributed by atoms with van der Waals surface area (Å²) in [7, 11) is 0. The first kappa shape index (κ1) is 22.5. The molecule has 3 N–H and O–H groups in total. The minimum Gasteiger partial charge on any atom is -0.349 e. The summed E-state index contributed by atoms with van der Waals surface area (Å²) < 4.78 is 0. The van der Waals surface area contributed by atoms with Crippen LogP contribution >= 0.6 is 0 Å². The normalized spacial score (nSPS) is 18.1. The lowest BCUT2D eigenvalue weighted by atomic mass is 10.0. The number of carbonyl (C=O) groups is 3. The van der Waals surface area contributed by atoms with Crippen molar-refractivity contribution >= 4 is 23.4 Å². The third kappa shape index (κ3) is 5.70. The number of carbonyl (C=O) groups excluding carboxylic acids is 3. The number of amides is 3. The highest BCUT2D eigenvalue weighted by Crippen LogP contribution is 2.22. The van der Waals surface area contributed by atoms with Crippen molar-refractivity contribution in [2.24, 2.45) is 0 Å². The molecule has 3 rings (SSSR count). The highest BCUT2D eigenvalue weighted by atomic mass is 16.2. The molecule has 0 atom stereocenters. The summed E-state index contributed by atoms with van der Waals surface area (Å²) >= 11 is 0. The van der Waals surface area contributed by atoms with Crippen LogP contribution in [0, 0.1) is 0 Å². The van der Waals surface area contributed by atoms with E-state index < -0.39 is 0 Å². The predicted octanol–water partition coefficient (Wildman–Crippen LogP) is 2.43. The second-order valence-corrected chi connectivity index (χ2v) is 7.67. The predicted molar refractivity (Wildman–Crippen MR) is 122 cm³/mol. The minimum atomic E-state index is -0.351. The summed E-state index contributed by atoms with van der Waals surface area (Å²) in [5.41, 5.74) is 1.90. The molecule has 0 unspecified atom stereocenters. The Morgan fingerprint density at radius 3 is 2.68 bits per heavy atom. The monoisotopic (exact) mass is 422 g/mol. The van der Waals surface area contributed by atoms with Crippen molar-refractivity contribution in [3.8, 4) is 0 Å². The molecule has 1 aromatic carbocycles. The number of hydrogen-bond donors (Lipinski definition) is 3. The molecule has 0 aromatic heterocycles. The molecule has 1 aromatic rings. The van der Waals surface area contributed by atoms with Gasteiger partial charge < -0.3 is 20.9 Å². The van der Waals surface area contributed by atoms with Crippen LogP contribution in [0.25, 0.3) is 0 Å². The Balaban J connectivity index is 1.73. The highest BCUT2D eigenvalue weighted by Gasteiger charge is 2.23. The van der Waals surface area contributed by atoms with Crippen LogP contribution < -0.4 is 20.9 Å². The first-order valence-electron chi connectivity index (χ1n) is 10.8. The van der Waals surface area contributed by atoms with Gasteiger partial charge in [0.15, 0.2) is 0 Å². The summed E-state index contributed by atoms with van der Waals surface area (Å²) in [5, 5.41) is 9.17. The van der Waals surface area contributed by atoms with E-state index in [1.807, 2.05) is 6.07 Å². The molecule has 2 heterocycles. The fourth-order valence-electron chi connectivity index (χ4n) is 3.89. The van der Waals surface area contributed by atoms with Gasteiger partial charge in [-0.15, -0.1) is 0 Å². The van der Waals surface area contributed by atoms with Gasteiger partial charge >= 0.3 is 0 Å². The van der Waals surface area contributed by atoms with E-state index in [2.05, 4.69) is 22.5 Å². The minimum absolute atomic E-state index is 0.0654. The quantitative estimate of drug-likeness (QED) is 0.465. The number of rotatable bonds is 7. The maximum absolute atomic E-state index is 13.0. The van der Waals surface area contributed by atoms with Crippen molar-refractivity contribution in [2.75, 3.05) is 24.5 Å². The van der Waals surface area contributed by atoms with Crippen LogP contribution in [0.5, 0.6) is 0 Å². The van der Waals surface area contributed by atoms with Gasteiger partial charge in [-0.3, -0.25) is 14.4 Å². The summed E-state index contributed by atoms with van der Waals surface area (Å²) in [6.07, 6.45) is 7.93. The molecule has 0 spiro atoms. The highest BCUT2D eigenvalue weighted by molar-refractivity contribution is 6.03. The van der Waals surface area contributed by atoms with E-state index in [1.165, 1.54) is 6.08 Å². The van der Waals surface area contributed by atoms with Crippen LogP contribution in [-0.2, 0) is 9.59 Å². The number of hydrogen-bond acceptors (Lipinski definition) is 4. The Morgan fingerprint density at radius 2 is 2.03 bits per heavy atom. The molecule has 31 heavy (non-hydrogen) atoms. The first-order chi connectivity index (χ1) is 15.0. The van der Waals surface area contributed by atoms with Crippen LogP contribution in [0.1, 0.15) is 43.0 Å². The Labute approximate surface area is 183 Å². The number of anilines is 1. The standard InChI is InChI=1S/C24H30N4O3/c1-3-7-21(20(4-2)24(31)26-18-11-13-25-14-12-18)27-23(30)17-8-5-9-19(16-17)28-15-6-10-22(28)29/h3-5,7-9,16,18,25H,1,6,10-15H2,2H3,(H,26,31)(H,27,30)/b20-4+,21-7+. The summed E-state index contributed by atoms with van der Waals surface area (Å²) in [6.45, 7) is 7.88. The Hall–Kier alpha value is -3.19. The molecule has 2 aliphatic rings. The molecule has 0 saturated carbocycles. The fraction of sp³-hybridized carbons (Fsp3) is 0.375. The van der Waals surface area contributed by atoms with E-state index in [-0.39, 0.29) is 23.8 Å². The van der Waals surface area contributed by atoms with Crippen molar-refractivity contribution in [1.29, 1.82) is 0 Å². The molecule has 0 radical (unpaired) electrons. The van der Waals surface area contributed by atoms with Gasteiger partial charge in [0.05, 0.1) is 11.3 Å². The fourth-order valence-corrected chi connectivity index (χ4v) is 3.89. The van der Waals surface area contributed by atoms with Gasteiger partial charge in [0, 0.05) is 30.3 Å². The number of benzene rings is 1. The molecule has 7 nitrogen and oxygen atoms in total. The van der Waals surface area contributed by atoms with Crippen molar-refractivity contribution in [3.63, 3.8) is 0 Å². The van der Waals surface area contributed by atoms with E-state index in [4.69, 9.17) is 0 Å². The molecule has 164 valence electrons. The molecular weight excluding hydrogens is 392 g/mol. The number of allylic oxidation sites excluding steroid dienone is 3. The first-order valence-corrected chi connectivity index (χ1v) is 10.8. The molecule has 0 bridgehead atoms. The van der Waals surface area contributed by atoms with Crippen LogP contribution in [0.3, 0.4) is 0 Å². The second kappa shape index (κ2) is 10.7. The van der Waals surface area contributed by atoms with Crippen LogP contribution in [-0.4, -0.2) is 43.4 Å². The Kier molecular flexibility index (Phi) is 7.78. The smallest absolute Gasteiger partial charge is 0.255 e. The number of nitrogens with one attached hydrogen (secondary N) is 3. The lowest BCUT2D eigenvalue weighted by Crippen LogP contribution is -2.44. The van der Waals surface area contributed by atoms with Gasteiger partial charge in [0.2, 0.25) is 5.91 Å². The van der Waals surface area contributed by atoms with E-state index in [0.717, 1.165) is 32.4 Å². The summed E-state index contributed by atoms with van der Waals surface area (Å²) in [5.74, 6) is -0.509. The second-order valence-electron chi connectivity index (χ2n) is 7.67. The van der Waals surface area contributed by atoms with Gasteiger partial charge in [-0.1, -0.05) is 24.8 Å². The SMILES string of the molecule is C=C/C=C(NC(=O)c1cccc(N2CCCC2=O)c1)\C(=C/C)C(=O)NC1CCNCC1. The zero-order chi connectivity index (χ0) is 22.2. The average molecular weight is 423 g/mol. The Morgan fingerprint density at radius 1 is 1.26 bits per heavy atom. The van der Waals surface area contributed by atoms with E-state index in [0.29, 0.717) is 35.5 Å². The molecule has 2 aliphatic heterocycles. The van der Waals surface area contributed by atoms with Crippen molar-refractivity contribution in [3.05, 3.63) is 65.9 Å². The van der Waals surface area contributed by atoms with E-state index in [1.54, 1.807) is 42.2 Å². The van der Waals surface area contributed by atoms with E-state index >= 15 is 0 Å². The molecule has 0 aliphatic carbocycles. The van der Waals surface area contributed by atoms with Crippen LogP contribution in [0.4, 0.5) is 5.69 Å². The van der Waals surface area contributed by atoms with Gasteiger partial charge in [-0.05, 0) is 63.6 Å². The van der Waals surface area contributed by atoms with Crippen molar-refractivity contribution in [2.45, 2.75) is 38.6 Å². The molecule has 2 fully saturated rings. The molecule has 2 saturated heterocycles. The number of nitrogens with zero attached hydrogens (tertiary/aromatic N) is 1. The van der Waals surface area contributed by atoms with Gasteiger partial charge in [0.25, 0.3) is 11.8 Å². The number of piperidine rings is 1. The maximum Gasteiger partial charge on any atom is 0.255 e.